The molecule has 2 saturated heterocycles. The standard InChI is InChI=1S/C18H28N4O3S.2ClH/c1-15-3-5-17(6-4-15)26(24,25)21-11-9-20(10-12-21)14-18(23)22-8-7-19-13-16(22)2;;/h3-6,16,19H,7-14H2,1-2H3;2*1H. The second-order valence-corrected chi connectivity index (χ2v) is 9.07. The third kappa shape index (κ3) is 5.81. The largest absolute Gasteiger partial charge is 0.336 e. The number of carbonyl (C=O) groups excluding carboxylic acids is 1. The van der Waals surface area contributed by atoms with Gasteiger partial charge in [0, 0.05) is 51.9 Å². The molecule has 7 nitrogen and oxygen atoms in total. The van der Waals surface area contributed by atoms with Crippen molar-refractivity contribution < 1.29 is 13.2 Å². The third-order valence-electron chi connectivity index (χ3n) is 5.17. The lowest BCUT2D eigenvalue weighted by molar-refractivity contribution is -0.135. The maximum Gasteiger partial charge on any atom is 0.243 e. The van der Waals surface area contributed by atoms with Crippen LogP contribution in [0.3, 0.4) is 0 Å². The normalized spacial score (nSPS) is 21.5. The molecule has 1 aromatic rings. The van der Waals surface area contributed by atoms with E-state index in [1.54, 1.807) is 12.1 Å². The van der Waals surface area contributed by atoms with Gasteiger partial charge in [0.2, 0.25) is 15.9 Å². The molecular formula is C18H30Cl2N4O3S. The number of amides is 1. The molecule has 1 atom stereocenters. The Bertz CT molecular complexity index is 738. The number of carbonyl (C=O) groups is 1. The number of piperazine rings is 2. The predicted molar refractivity (Wildman–Crippen MR) is 115 cm³/mol. The predicted octanol–water partition coefficient (Wildman–Crippen LogP) is 0.965. The van der Waals surface area contributed by atoms with E-state index >= 15 is 0 Å². The molecule has 2 heterocycles. The van der Waals surface area contributed by atoms with Crippen molar-refractivity contribution in [2.45, 2.75) is 24.8 Å². The summed E-state index contributed by atoms with van der Waals surface area (Å²) in [7, 11) is -3.46. The third-order valence-corrected chi connectivity index (χ3v) is 7.08. The Hall–Kier alpha value is -0.900. The first-order valence-corrected chi connectivity index (χ1v) is 10.6. The van der Waals surface area contributed by atoms with Gasteiger partial charge in [0.25, 0.3) is 0 Å². The zero-order valence-electron chi connectivity index (χ0n) is 16.3. The number of benzene rings is 1. The maximum atomic E-state index is 12.7. The Morgan fingerprint density at radius 3 is 2.25 bits per heavy atom. The van der Waals surface area contributed by atoms with Gasteiger partial charge in [0.15, 0.2) is 0 Å². The second kappa shape index (κ2) is 10.8. The summed E-state index contributed by atoms with van der Waals surface area (Å²) in [5, 5.41) is 3.28. The molecule has 2 aliphatic heterocycles. The number of sulfonamides is 1. The van der Waals surface area contributed by atoms with Crippen LogP contribution in [0.15, 0.2) is 29.2 Å². The minimum atomic E-state index is -3.46. The van der Waals surface area contributed by atoms with E-state index < -0.39 is 10.0 Å². The number of hydrogen-bond donors (Lipinski definition) is 1. The van der Waals surface area contributed by atoms with Gasteiger partial charge in [-0.3, -0.25) is 9.69 Å². The Morgan fingerprint density at radius 1 is 1.07 bits per heavy atom. The van der Waals surface area contributed by atoms with E-state index in [1.165, 1.54) is 4.31 Å². The number of rotatable bonds is 4. The van der Waals surface area contributed by atoms with Crippen LogP contribution in [0.1, 0.15) is 12.5 Å². The number of halogens is 2. The quantitative estimate of drug-likeness (QED) is 0.736. The van der Waals surface area contributed by atoms with Crippen LogP contribution in [0.4, 0.5) is 0 Å². The molecule has 0 bridgehead atoms. The highest BCUT2D eigenvalue weighted by molar-refractivity contribution is 7.89. The summed E-state index contributed by atoms with van der Waals surface area (Å²) in [4.78, 5) is 16.8. The van der Waals surface area contributed by atoms with Crippen LogP contribution >= 0.6 is 24.8 Å². The molecule has 1 amide bonds. The molecule has 0 aromatic heterocycles. The number of nitrogens with one attached hydrogen (secondary N) is 1. The van der Waals surface area contributed by atoms with E-state index in [0.29, 0.717) is 37.6 Å². The van der Waals surface area contributed by atoms with Crippen LogP contribution in [0.2, 0.25) is 0 Å². The molecule has 160 valence electrons. The van der Waals surface area contributed by atoms with Crippen molar-refractivity contribution in [3.63, 3.8) is 0 Å². The highest BCUT2D eigenvalue weighted by Gasteiger charge is 2.30. The Balaban J connectivity index is 0.00000196. The van der Waals surface area contributed by atoms with Crippen molar-refractivity contribution in [3.8, 4) is 0 Å². The lowest BCUT2D eigenvalue weighted by Gasteiger charge is -2.37. The van der Waals surface area contributed by atoms with Gasteiger partial charge in [0.05, 0.1) is 11.4 Å². The highest BCUT2D eigenvalue weighted by atomic mass is 35.5. The van der Waals surface area contributed by atoms with Crippen molar-refractivity contribution >= 4 is 40.7 Å². The highest BCUT2D eigenvalue weighted by Crippen LogP contribution is 2.18. The van der Waals surface area contributed by atoms with Crippen LogP contribution in [-0.2, 0) is 14.8 Å². The maximum absolute atomic E-state index is 12.7. The lowest BCUT2D eigenvalue weighted by atomic mass is 10.2. The summed E-state index contributed by atoms with van der Waals surface area (Å²) < 4.78 is 27.0. The summed E-state index contributed by atoms with van der Waals surface area (Å²) in [6.45, 7) is 8.74. The SMILES string of the molecule is Cc1ccc(S(=O)(=O)N2CCN(CC(=O)N3CCNCC3C)CC2)cc1.Cl.Cl. The van der Waals surface area contributed by atoms with Crippen molar-refractivity contribution in [3.05, 3.63) is 29.8 Å². The molecule has 1 N–H and O–H groups in total. The topological polar surface area (TPSA) is 73.0 Å². The Labute approximate surface area is 180 Å². The van der Waals surface area contributed by atoms with E-state index in [1.807, 2.05) is 24.0 Å². The van der Waals surface area contributed by atoms with Crippen LogP contribution < -0.4 is 5.32 Å². The van der Waals surface area contributed by atoms with Gasteiger partial charge >= 0.3 is 0 Å². The number of hydrogen-bond acceptors (Lipinski definition) is 5. The molecule has 0 radical (unpaired) electrons. The van der Waals surface area contributed by atoms with Gasteiger partial charge in [-0.2, -0.15) is 4.31 Å². The first kappa shape index (κ1) is 25.1. The minimum absolute atomic E-state index is 0. The van der Waals surface area contributed by atoms with Gasteiger partial charge in [-0.15, -0.1) is 24.8 Å². The summed E-state index contributed by atoms with van der Waals surface area (Å²) in [5.74, 6) is 0.133. The summed E-state index contributed by atoms with van der Waals surface area (Å²) in [5.41, 5.74) is 1.04. The van der Waals surface area contributed by atoms with E-state index in [-0.39, 0.29) is 36.8 Å². The first-order chi connectivity index (χ1) is 12.4. The van der Waals surface area contributed by atoms with E-state index in [2.05, 4.69) is 17.1 Å². The molecule has 10 heteroatoms. The molecular weight excluding hydrogens is 423 g/mol. The fourth-order valence-electron chi connectivity index (χ4n) is 3.48. The summed E-state index contributed by atoms with van der Waals surface area (Å²) >= 11 is 0. The van der Waals surface area contributed by atoms with Crippen molar-refractivity contribution in [2.75, 3.05) is 52.4 Å². The minimum Gasteiger partial charge on any atom is -0.336 e. The molecule has 3 rings (SSSR count). The van der Waals surface area contributed by atoms with Crippen molar-refractivity contribution in [2.24, 2.45) is 0 Å². The molecule has 0 saturated carbocycles. The first-order valence-electron chi connectivity index (χ1n) is 9.17. The monoisotopic (exact) mass is 452 g/mol. The summed E-state index contributed by atoms with van der Waals surface area (Å²) in [6.07, 6.45) is 0. The zero-order valence-corrected chi connectivity index (χ0v) is 18.8. The summed E-state index contributed by atoms with van der Waals surface area (Å²) in [6, 6.07) is 7.16. The van der Waals surface area contributed by atoms with Gasteiger partial charge in [-0.1, -0.05) is 17.7 Å². The van der Waals surface area contributed by atoms with Gasteiger partial charge in [-0.25, -0.2) is 8.42 Å². The van der Waals surface area contributed by atoms with Crippen LogP contribution in [0, 0.1) is 6.92 Å². The fraction of sp³-hybridized carbons (Fsp3) is 0.611. The van der Waals surface area contributed by atoms with Gasteiger partial charge in [0.1, 0.15) is 0 Å². The van der Waals surface area contributed by atoms with Crippen LogP contribution in [-0.4, -0.2) is 86.8 Å². The van der Waals surface area contributed by atoms with E-state index in [9.17, 15) is 13.2 Å². The van der Waals surface area contributed by atoms with Crippen LogP contribution in [0.25, 0.3) is 0 Å². The fourth-order valence-corrected chi connectivity index (χ4v) is 4.90. The Morgan fingerprint density at radius 2 is 1.68 bits per heavy atom. The van der Waals surface area contributed by atoms with E-state index in [0.717, 1.165) is 25.2 Å². The van der Waals surface area contributed by atoms with Crippen molar-refractivity contribution in [1.29, 1.82) is 0 Å². The average molecular weight is 453 g/mol. The lowest BCUT2D eigenvalue weighted by Crippen LogP contribution is -2.56. The Kier molecular flexibility index (Phi) is 9.66. The zero-order chi connectivity index (χ0) is 18.7. The molecule has 2 fully saturated rings. The van der Waals surface area contributed by atoms with Gasteiger partial charge in [-0.05, 0) is 26.0 Å². The second-order valence-electron chi connectivity index (χ2n) is 7.13. The smallest absolute Gasteiger partial charge is 0.243 e. The van der Waals surface area contributed by atoms with Crippen LogP contribution in [0.5, 0.6) is 0 Å². The number of nitrogens with zero attached hydrogens (tertiary/aromatic N) is 3. The molecule has 1 aromatic carbocycles. The number of aryl methyl sites for hydroxylation is 1. The average Bonchev–Trinajstić information content (AvgIpc) is 2.63. The molecule has 0 spiro atoms. The van der Waals surface area contributed by atoms with Gasteiger partial charge < -0.3 is 10.2 Å². The molecule has 1 unspecified atom stereocenters. The molecule has 0 aliphatic carbocycles. The molecule has 2 aliphatic rings. The van der Waals surface area contributed by atoms with Crippen molar-refractivity contribution in [1.82, 2.24) is 19.4 Å². The molecule has 28 heavy (non-hydrogen) atoms. The van der Waals surface area contributed by atoms with E-state index in [4.69, 9.17) is 0 Å².